The van der Waals surface area contributed by atoms with Crippen LogP contribution in [0.15, 0.2) is 48.5 Å². The van der Waals surface area contributed by atoms with Gasteiger partial charge in [0.25, 0.3) is 5.91 Å². The molecule has 0 saturated heterocycles. The highest BCUT2D eigenvalue weighted by atomic mass is 16.5. The number of hydrogen-bond acceptors (Lipinski definition) is 3. The Morgan fingerprint density at radius 3 is 2.25 bits per heavy atom. The van der Waals surface area contributed by atoms with Gasteiger partial charge < -0.3 is 15.8 Å². The summed E-state index contributed by atoms with van der Waals surface area (Å²) in [5, 5.41) is 2.86. The molecule has 3 N–H and O–H groups in total. The zero-order chi connectivity index (χ0) is 17.6. The molecule has 24 heavy (non-hydrogen) atoms. The van der Waals surface area contributed by atoms with Gasteiger partial charge in [-0.05, 0) is 47.2 Å². The van der Waals surface area contributed by atoms with Gasteiger partial charge in [-0.25, -0.2) is 0 Å². The Morgan fingerprint density at radius 2 is 1.67 bits per heavy atom. The van der Waals surface area contributed by atoms with Crippen LogP contribution in [0.5, 0.6) is 5.75 Å². The SMILES string of the molecule is CC(C)(C)c1ccc(OCC(=O)NCCc2ccc(N)cc2)cc1. The molecule has 0 unspecified atom stereocenters. The summed E-state index contributed by atoms with van der Waals surface area (Å²) < 4.78 is 5.53. The van der Waals surface area contributed by atoms with Crippen molar-refractivity contribution in [2.45, 2.75) is 32.6 Å². The van der Waals surface area contributed by atoms with E-state index in [9.17, 15) is 4.79 Å². The van der Waals surface area contributed by atoms with Crippen LogP contribution in [0.4, 0.5) is 5.69 Å². The highest BCUT2D eigenvalue weighted by Gasteiger charge is 2.13. The van der Waals surface area contributed by atoms with Crippen molar-refractivity contribution in [3.63, 3.8) is 0 Å². The summed E-state index contributed by atoms with van der Waals surface area (Å²) in [5.74, 6) is 0.585. The summed E-state index contributed by atoms with van der Waals surface area (Å²) in [5.41, 5.74) is 8.88. The van der Waals surface area contributed by atoms with Gasteiger partial charge in [0.2, 0.25) is 0 Å². The molecule has 0 fully saturated rings. The van der Waals surface area contributed by atoms with E-state index in [1.807, 2.05) is 48.5 Å². The molecule has 128 valence electrons. The minimum Gasteiger partial charge on any atom is -0.484 e. The van der Waals surface area contributed by atoms with Crippen LogP contribution in [0.3, 0.4) is 0 Å². The Bertz CT molecular complexity index is 656. The Morgan fingerprint density at radius 1 is 1.04 bits per heavy atom. The first-order chi connectivity index (χ1) is 11.3. The molecule has 1 amide bonds. The third kappa shape index (κ3) is 5.61. The molecular weight excluding hydrogens is 300 g/mol. The minimum absolute atomic E-state index is 0.0244. The van der Waals surface area contributed by atoms with Crippen LogP contribution in [-0.4, -0.2) is 19.1 Å². The molecule has 0 bridgehead atoms. The lowest BCUT2D eigenvalue weighted by Crippen LogP contribution is -2.30. The molecular formula is C20H26N2O2. The van der Waals surface area contributed by atoms with E-state index in [2.05, 4.69) is 26.1 Å². The van der Waals surface area contributed by atoms with E-state index in [1.165, 1.54) is 5.56 Å². The van der Waals surface area contributed by atoms with Crippen LogP contribution < -0.4 is 15.8 Å². The minimum atomic E-state index is -0.120. The van der Waals surface area contributed by atoms with Gasteiger partial charge in [-0.1, -0.05) is 45.0 Å². The third-order valence-electron chi connectivity index (χ3n) is 3.81. The molecule has 4 nitrogen and oxygen atoms in total. The molecule has 0 aliphatic heterocycles. The van der Waals surface area contributed by atoms with Crippen molar-refractivity contribution in [2.24, 2.45) is 0 Å². The predicted molar refractivity (Wildman–Crippen MR) is 98.2 cm³/mol. The van der Waals surface area contributed by atoms with E-state index < -0.39 is 0 Å². The number of carbonyl (C=O) groups excluding carboxylic acids is 1. The number of hydrogen-bond donors (Lipinski definition) is 2. The molecule has 4 heteroatoms. The second-order valence-corrected chi connectivity index (χ2v) is 6.90. The second kappa shape index (κ2) is 7.86. The average Bonchev–Trinajstić information content (AvgIpc) is 2.54. The maximum Gasteiger partial charge on any atom is 0.257 e. The number of amides is 1. The summed E-state index contributed by atoms with van der Waals surface area (Å²) in [7, 11) is 0. The number of carbonyl (C=O) groups is 1. The molecule has 0 saturated carbocycles. The number of nitrogens with two attached hydrogens (primary N) is 1. The van der Waals surface area contributed by atoms with Crippen molar-refractivity contribution in [1.29, 1.82) is 0 Å². The quantitative estimate of drug-likeness (QED) is 0.801. The third-order valence-corrected chi connectivity index (χ3v) is 3.81. The predicted octanol–water partition coefficient (Wildman–Crippen LogP) is 3.30. The maximum atomic E-state index is 11.8. The van der Waals surface area contributed by atoms with E-state index in [0.717, 1.165) is 17.7 Å². The van der Waals surface area contributed by atoms with Crippen LogP contribution in [0.2, 0.25) is 0 Å². The normalized spacial score (nSPS) is 11.1. The summed E-state index contributed by atoms with van der Waals surface area (Å²) in [6.45, 7) is 7.10. The van der Waals surface area contributed by atoms with E-state index in [-0.39, 0.29) is 17.9 Å². The lowest BCUT2D eigenvalue weighted by molar-refractivity contribution is -0.123. The first kappa shape index (κ1) is 17.9. The van der Waals surface area contributed by atoms with E-state index >= 15 is 0 Å². The molecule has 0 spiro atoms. The van der Waals surface area contributed by atoms with Crippen molar-refractivity contribution < 1.29 is 9.53 Å². The van der Waals surface area contributed by atoms with Gasteiger partial charge in [0.15, 0.2) is 6.61 Å². The summed E-state index contributed by atoms with van der Waals surface area (Å²) >= 11 is 0. The Labute approximate surface area is 144 Å². The number of benzene rings is 2. The number of ether oxygens (including phenoxy) is 1. The van der Waals surface area contributed by atoms with E-state index in [1.54, 1.807) is 0 Å². The molecule has 2 aromatic rings. The summed E-state index contributed by atoms with van der Waals surface area (Å²) in [6.07, 6.45) is 0.770. The Kier molecular flexibility index (Phi) is 5.85. The first-order valence-electron chi connectivity index (χ1n) is 8.19. The molecule has 0 aliphatic rings. The van der Waals surface area contributed by atoms with Crippen LogP contribution in [0.1, 0.15) is 31.9 Å². The van der Waals surface area contributed by atoms with Crippen molar-refractivity contribution in [3.05, 3.63) is 59.7 Å². The van der Waals surface area contributed by atoms with Gasteiger partial charge in [0, 0.05) is 12.2 Å². The van der Waals surface area contributed by atoms with Gasteiger partial charge >= 0.3 is 0 Å². The fourth-order valence-corrected chi connectivity index (χ4v) is 2.28. The summed E-state index contributed by atoms with van der Waals surface area (Å²) in [6, 6.07) is 15.5. The molecule has 2 rings (SSSR count). The maximum absolute atomic E-state index is 11.8. The number of nitrogen functional groups attached to an aromatic ring is 1. The fourth-order valence-electron chi connectivity index (χ4n) is 2.28. The zero-order valence-electron chi connectivity index (χ0n) is 14.6. The van der Waals surface area contributed by atoms with Gasteiger partial charge in [-0.3, -0.25) is 4.79 Å². The smallest absolute Gasteiger partial charge is 0.257 e. The zero-order valence-corrected chi connectivity index (χ0v) is 14.6. The Balaban J connectivity index is 1.72. The van der Waals surface area contributed by atoms with Crippen LogP contribution in [0.25, 0.3) is 0 Å². The average molecular weight is 326 g/mol. The molecule has 0 atom stereocenters. The largest absolute Gasteiger partial charge is 0.484 e. The van der Waals surface area contributed by atoms with Crippen molar-refractivity contribution in [2.75, 3.05) is 18.9 Å². The highest BCUT2D eigenvalue weighted by molar-refractivity contribution is 5.77. The molecule has 2 aromatic carbocycles. The molecule has 0 heterocycles. The summed E-state index contributed by atoms with van der Waals surface area (Å²) in [4.78, 5) is 11.8. The van der Waals surface area contributed by atoms with Crippen LogP contribution in [0, 0.1) is 0 Å². The Hall–Kier alpha value is -2.49. The highest BCUT2D eigenvalue weighted by Crippen LogP contribution is 2.24. The van der Waals surface area contributed by atoms with Crippen molar-refractivity contribution in [3.8, 4) is 5.75 Å². The second-order valence-electron chi connectivity index (χ2n) is 6.90. The lowest BCUT2D eigenvalue weighted by Gasteiger charge is -2.19. The fraction of sp³-hybridized carbons (Fsp3) is 0.350. The van der Waals surface area contributed by atoms with Crippen LogP contribution in [-0.2, 0) is 16.6 Å². The molecule has 0 aliphatic carbocycles. The van der Waals surface area contributed by atoms with E-state index in [0.29, 0.717) is 12.3 Å². The number of nitrogens with one attached hydrogen (secondary N) is 1. The number of anilines is 1. The van der Waals surface area contributed by atoms with Gasteiger partial charge in [0.1, 0.15) is 5.75 Å². The monoisotopic (exact) mass is 326 g/mol. The van der Waals surface area contributed by atoms with E-state index in [4.69, 9.17) is 10.5 Å². The lowest BCUT2D eigenvalue weighted by atomic mass is 9.87. The van der Waals surface area contributed by atoms with Gasteiger partial charge in [-0.2, -0.15) is 0 Å². The van der Waals surface area contributed by atoms with Crippen molar-refractivity contribution in [1.82, 2.24) is 5.32 Å². The van der Waals surface area contributed by atoms with Crippen LogP contribution >= 0.6 is 0 Å². The van der Waals surface area contributed by atoms with Gasteiger partial charge in [0.05, 0.1) is 0 Å². The van der Waals surface area contributed by atoms with Crippen molar-refractivity contribution >= 4 is 11.6 Å². The standard InChI is InChI=1S/C20H26N2O2/c1-20(2,3)16-6-10-18(11-7-16)24-14-19(23)22-13-12-15-4-8-17(21)9-5-15/h4-11H,12-14,21H2,1-3H3,(H,22,23). The molecule has 0 aromatic heterocycles. The number of rotatable bonds is 6. The van der Waals surface area contributed by atoms with Gasteiger partial charge in [-0.15, -0.1) is 0 Å². The molecule has 0 radical (unpaired) electrons. The topological polar surface area (TPSA) is 64.3 Å². The first-order valence-corrected chi connectivity index (χ1v) is 8.19.